The number of ether oxygens (including phenoxy) is 3. The van der Waals surface area contributed by atoms with Crippen molar-refractivity contribution in [2.24, 2.45) is 5.10 Å². The number of carbonyl (C=O) groups is 1. The maximum atomic E-state index is 11.9. The quantitative estimate of drug-likeness (QED) is 0.299. The first-order valence-corrected chi connectivity index (χ1v) is 11.3. The molecule has 2 aromatic carbocycles. The van der Waals surface area contributed by atoms with E-state index in [2.05, 4.69) is 21.6 Å². The fourth-order valence-corrected chi connectivity index (χ4v) is 4.56. The summed E-state index contributed by atoms with van der Waals surface area (Å²) in [7, 11) is 4.53. The Morgan fingerprint density at radius 1 is 1.03 bits per heavy atom. The van der Waals surface area contributed by atoms with Crippen molar-refractivity contribution in [1.29, 1.82) is 0 Å². The zero-order valence-corrected chi connectivity index (χ0v) is 20.6. The maximum Gasteiger partial charge on any atom is 0.350 e. The van der Waals surface area contributed by atoms with E-state index in [0.29, 0.717) is 43.9 Å². The summed E-state index contributed by atoms with van der Waals surface area (Å²) in [5.74, 6) is 1.42. The molecule has 4 rings (SSSR count). The second kappa shape index (κ2) is 9.56. The SMILES string of the molecule is COC(=O)c1sc(NN=c2cc(-c3ccc(OC)c(OC)c3)oc3cc(C)cc(C)c23)nc1C. The average Bonchev–Trinajstić information content (AvgIpc) is 3.21. The highest BCUT2D eigenvalue weighted by Crippen LogP contribution is 2.33. The molecule has 9 heteroatoms. The monoisotopic (exact) mass is 479 g/mol. The van der Waals surface area contributed by atoms with Crippen molar-refractivity contribution >= 4 is 33.4 Å². The molecule has 0 radical (unpaired) electrons. The smallest absolute Gasteiger partial charge is 0.350 e. The first-order chi connectivity index (χ1) is 16.3. The van der Waals surface area contributed by atoms with Crippen molar-refractivity contribution in [3.05, 3.63) is 63.5 Å². The minimum atomic E-state index is -0.422. The number of fused-ring (bicyclic) bond motifs is 1. The molecule has 0 saturated carbocycles. The second-order valence-corrected chi connectivity index (χ2v) is 8.67. The van der Waals surface area contributed by atoms with Gasteiger partial charge in [0, 0.05) is 17.0 Å². The van der Waals surface area contributed by atoms with Crippen LogP contribution in [0.5, 0.6) is 11.5 Å². The van der Waals surface area contributed by atoms with Gasteiger partial charge in [-0.25, -0.2) is 9.78 Å². The fraction of sp³-hybridized carbons (Fsp3) is 0.240. The number of rotatable bonds is 6. The average molecular weight is 480 g/mol. The molecule has 4 aromatic rings. The van der Waals surface area contributed by atoms with Crippen molar-refractivity contribution in [2.75, 3.05) is 26.8 Å². The van der Waals surface area contributed by atoms with Gasteiger partial charge in [0.1, 0.15) is 16.2 Å². The third-order valence-corrected chi connectivity index (χ3v) is 6.34. The largest absolute Gasteiger partial charge is 0.493 e. The number of carbonyl (C=O) groups excluding carboxylic acids is 1. The summed E-state index contributed by atoms with van der Waals surface area (Å²) in [5, 5.41) is 6.67. The van der Waals surface area contributed by atoms with Crippen LogP contribution in [0.1, 0.15) is 26.5 Å². The molecule has 0 atom stereocenters. The standard InChI is InChI=1S/C25H25N3O5S/c1-13-9-14(2)22-17(27-28-25-26-15(3)23(34-25)24(29)32-6)12-19(33-21(22)10-13)16-7-8-18(30-4)20(11-16)31-5/h7-12H,1-6H3,(H,26,28). The molecule has 0 aliphatic rings. The molecule has 0 aliphatic carbocycles. The van der Waals surface area contributed by atoms with E-state index in [-0.39, 0.29) is 0 Å². The number of nitrogens with zero attached hydrogens (tertiary/aromatic N) is 2. The van der Waals surface area contributed by atoms with Crippen LogP contribution in [0.25, 0.3) is 22.3 Å². The van der Waals surface area contributed by atoms with Crippen molar-refractivity contribution < 1.29 is 23.4 Å². The molecule has 34 heavy (non-hydrogen) atoms. The highest BCUT2D eigenvalue weighted by atomic mass is 32.1. The van der Waals surface area contributed by atoms with Crippen LogP contribution >= 0.6 is 11.3 Å². The summed E-state index contributed by atoms with van der Waals surface area (Å²) < 4.78 is 21.9. The zero-order valence-electron chi connectivity index (χ0n) is 19.8. The van der Waals surface area contributed by atoms with Crippen LogP contribution in [-0.2, 0) is 4.74 Å². The van der Waals surface area contributed by atoms with E-state index in [0.717, 1.165) is 22.1 Å². The lowest BCUT2D eigenvalue weighted by molar-refractivity contribution is 0.0605. The van der Waals surface area contributed by atoms with Gasteiger partial charge in [-0.3, -0.25) is 5.43 Å². The number of hydrogen-bond acceptors (Lipinski definition) is 9. The molecule has 0 saturated heterocycles. The number of thiazole rings is 1. The second-order valence-electron chi connectivity index (χ2n) is 7.67. The summed E-state index contributed by atoms with van der Waals surface area (Å²) in [5.41, 5.74) is 7.20. The van der Waals surface area contributed by atoms with Crippen molar-refractivity contribution in [3.8, 4) is 22.8 Å². The number of aromatic nitrogens is 1. The topological polar surface area (TPSA) is 95.2 Å². The Kier molecular flexibility index (Phi) is 6.56. The lowest BCUT2D eigenvalue weighted by atomic mass is 10.0. The molecule has 2 heterocycles. The van der Waals surface area contributed by atoms with Gasteiger partial charge in [-0.05, 0) is 56.2 Å². The number of benzene rings is 2. The number of hydrogen-bond donors (Lipinski definition) is 1. The Hall–Kier alpha value is -3.85. The highest BCUT2D eigenvalue weighted by Gasteiger charge is 2.16. The first kappa shape index (κ1) is 23.3. The van der Waals surface area contributed by atoms with Gasteiger partial charge in [0.05, 0.1) is 32.4 Å². The van der Waals surface area contributed by atoms with Crippen molar-refractivity contribution in [1.82, 2.24) is 4.98 Å². The van der Waals surface area contributed by atoms with Crippen LogP contribution in [0.15, 0.2) is 45.9 Å². The van der Waals surface area contributed by atoms with Crippen LogP contribution in [0, 0.1) is 20.8 Å². The number of nitrogens with one attached hydrogen (secondary N) is 1. The van der Waals surface area contributed by atoms with Gasteiger partial charge in [0.2, 0.25) is 5.13 Å². The summed E-state index contributed by atoms with van der Waals surface area (Å²) in [6, 6.07) is 11.5. The Morgan fingerprint density at radius 2 is 1.79 bits per heavy atom. The van der Waals surface area contributed by atoms with E-state index in [1.807, 2.05) is 44.2 Å². The predicted octanol–water partition coefficient (Wildman–Crippen LogP) is 5.21. The van der Waals surface area contributed by atoms with Gasteiger partial charge in [0.25, 0.3) is 0 Å². The third kappa shape index (κ3) is 4.47. The molecule has 1 N–H and O–H groups in total. The summed E-state index contributed by atoms with van der Waals surface area (Å²) in [4.78, 5) is 16.8. The Labute approximate surface area is 200 Å². The zero-order chi connectivity index (χ0) is 24.4. The van der Waals surface area contributed by atoms with Crippen LogP contribution in [0.4, 0.5) is 5.13 Å². The lowest BCUT2D eigenvalue weighted by Crippen LogP contribution is -2.09. The molecule has 2 aromatic heterocycles. The highest BCUT2D eigenvalue weighted by molar-refractivity contribution is 7.17. The minimum absolute atomic E-state index is 0.422. The van der Waals surface area contributed by atoms with Crippen LogP contribution in [0.3, 0.4) is 0 Å². The molecule has 0 unspecified atom stereocenters. The summed E-state index contributed by atoms with van der Waals surface area (Å²) >= 11 is 1.19. The lowest BCUT2D eigenvalue weighted by Gasteiger charge is -2.11. The van der Waals surface area contributed by atoms with Gasteiger partial charge in [-0.1, -0.05) is 17.4 Å². The summed E-state index contributed by atoms with van der Waals surface area (Å²) in [6.45, 7) is 5.79. The molecule has 8 nitrogen and oxygen atoms in total. The van der Waals surface area contributed by atoms with E-state index >= 15 is 0 Å². The van der Waals surface area contributed by atoms with Crippen molar-refractivity contribution in [2.45, 2.75) is 20.8 Å². The molecular formula is C25H25N3O5S. The van der Waals surface area contributed by atoms with E-state index in [1.165, 1.54) is 18.4 Å². The molecule has 0 bridgehead atoms. The van der Waals surface area contributed by atoms with Gasteiger partial charge >= 0.3 is 5.97 Å². The van der Waals surface area contributed by atoms with Gasteiger partial charge in [0.15, 0.2) is 11.5 Å². The number of methoxy groups -OCH3 is 3. The third-order valence-electron chi connectivity index (χ3n) is 5.29. The maximum absolute atomic E-state index is 11.9. The number of aryl methyl sites for hydroxylation is 3. The molecule has 0 amide bonds. The normalized spacial score (nSPS) is 11.5. The van der Waals surface area contributed by atoms with Gasteiger partial charge in [-0.15, -0.1) is 0 Å². The number of esters is 1. The minimum Gasteiger partial charge on any atom is -0.493 e. The van der Waals surface area contributed by atoms with Crippen LogP contribution < -0.4 is 20.3 Å². The van der Waals surface area contributed by atoms with Crippen molar-refractivity contribution in [3.63, 3.8) is 0 Å². The van der Waals surface area contributed by atoms with E-state index in [9.17, 15) is 4.79 Å². The van der Waals surface area contributed by atoms with Crippen LogP contribution in [-0.4, -0.2) is 32.3 Å². The molecule has 0 spiro atoms. The first-order valence-electron chi connectivity index (χ1n) is 10.5. The van der Waals surface area contributed by atoms with Gasteiger partial charge < -0.3 is 18.6 Å². The Balaban J connectivity index is 1.86. The van der Waals surface area contributed by atoms with Gasteiger partial charge in [-0.2, -0.15) is 5.10 Å². The molecule has 0 fully saturated rings. The van der Waals surface area contributed by atoms with E-state index in [1.54, 1.807) is 21.1 Å². The number of anilines is 1. The Bertz CT molecular complexity index is 1460. The van der Waals surface area contributed by atoms with E-state index in [4.69, 9.17) is 18.6 Å². The molecule has 0 aliphatic heterocycles. The Morgan fingerprint density at radius 3 is 2.50 bits per heavy atom. The van der Waals surface area contributed by atoms with E-state index < -0.39 is 5.97 Å². The molecular weight excluding hydrogens is 454 g/mol. The molecule has 176 valence electrons. The fourth-order valence-electron chi connectivity index (χ4n) is 3.74. The predicted molar refractivity (Wildman–Crippen MR) is 132 cm³/mol. The summed E-state index contributed by atoms with van der Waals surface area (Å²) in [6.07, 6.45) is 0. The van der Waals surface area contributed by atoms with Crippen LogP contribution in [0.2, 0.25) is 0 Å².